The highest BCUT2D eigenvalue weighted by molar-refractivity contribution is 6.06. The molecule has 0 unspecified atom stereocenters. The molecule has 0 atom stereocenters. The van der Waals surface area contributed by atoms with E-state index in [0.29, 0.717) is 17.6 Å². The first-order chi connectivity index (χ1) is 30.5. The number of hydrogen-bond donors (Lipinski definition) is 0. The summed E-state index contributed by atoms with van der Waals surface area (Å²) >= 11 is 0. The molecule has 0 saturated carbocycles. The summed E-state index contributed by atoms with van der Waals surface area (Å²) in [6.07, 6.45) is 0. The van der Waals surface area contributed by atoms with Gasteiger partial charge in [-0.2, -0.15) is 9.97 Å². The van der Waals surface area contributed by atoms with Crippen molar-refractivity contribution in [1.29, 1.82) is 0 Å². The molecule has 0 aliphatic heterocycles. The predicted molar refractivity (Wildman–Crippen MR) is 266 cm³/mol. The molecule has 0 fully saturated rings. The van der Waals surface area contributed by atoms with Gasteiger partial charge in [-0.1, -0.05) is 163 Å². The lowest BCUT2D eigenvalue weighted by atomic mass is 9.93. The molecular formula is C58H53N5. The Bertz CT molecular complexity index is 2990. The smallest absolute Gasteiger partial charge is 0.238 e. The zero-order valence-corrected chi connectivity index (χ0v) is 37.7. The number of hydrogen-bond acceptors (Lipinski definition) is 5. The summed E-state index contributed by atoms with van der Waals surface area (Å²) in [5.74, 6) is 1.74. The Balaban J connectivity index is 1.44. The largest absolute Gasteiger partial charge is 0.309 e. The van der Waals surface area contributed by atoms with Crippen LogP contribution < -0.4 is 9.80 Å². The van der Waals surface area contributed by atoms with Crippen LogP contribution in [-0.2, 0) is 0 Å². The Kier molecular flexibility index (Phi) is 11.0. The zero-order valence-electron chi connectivity index (χ0n) is 37.7. The lowest BCUT2D eigenvalue weighted by molar-refractivity contribution is 1.01. The van der Waals surface area contributed by atoms with Crippen LogP contribution in [0, 0.1) is 62.3 Å². The van der Waals surface area contributed by atoms with Gasteiger partial charge in [0.15, 0.2) is 11.6 Å². The minimum Gasteiger partial charge on any atom is -0.309 e. The molecule has 0 bridgehead atoms. The highest BCUT2D eigenvalue weighted by atomic mass is 15.3. The van der Waals surface area contributed by atoms with Crippen LogP contribution in [0.4, 0.5) is 34.4 Å². The van der Waals surface area contributed by atoms with Gasteiger partial charge in [0.05, 0.1) is 28.4 Å². The Morgan fingerprint density at radius 2 is 0.762 bits per heavy atom. The first-order valence-corrected chi connectivity index (χ1v) is 21.8. The Labute approximate surface area is 372 Å². The number of nitrogens with zero attached hydrogens (tertiary/aromatic N) is 5. The van der Waals surface area contributed by atoms with Gasteiger partial charge in [0.1, 0.15) is 0 Å². The normalized spacial score (nSPS) is 11.3. The van der Waals surface area contributed by atoms with Gasteiger partial charge < -0.3 is 4.90 Å². The predicted octanol–water partition coefficient (Wildman–Crippen LogP) is 15.7. The number of anilines is 6. The molecule has 5 nitrogen and oxygen atoms in total. The summed E-state index contributed by atoms with van der Waals surface area (Å²) in [6, 6.07) is 55.9. The molecule has 0 N–H and O–H groups in total. The summed E-state index contributed by atoms with van der Waals surface area (Å²) in [5.41, 5.74) is 20.3. The van der Waals surface area contributed by atoms with Gasteiger partial charge in [0, 0.05) is 16.7 Å². The fourth-order valence-corrected chi connectivity index (χ4v) is 9.82. The van der Waals surface area contributed by atoms with Crippen LogP contribution in [-0.4, -0.2) is 15.0 Å². The molecule has 1 heterocycles. The quantitative estimate of drug-likeness (QED) is 0.145. The fourth-order valence-electron chi connectivity index (χ4n) is 9.82. The van der Waals surface area contributed by atoms with Crippen molar-refractivity contribution in [2.75, 3.05) is 9.80 Å². The molecule has 0 saturated heterocycles. The van der Waals surface area contributed by atoms with Crippen LogP contribution in [0.15, 0.2) is 158 Å². The summed E-state index contributed by atoms with van der Waals surface area (Å²) in [7, 11) is 0. The van der Waals surface area contributed by atoms with Gasteiger partial charge >= 0.3 is 0 Å². The molecule has 5 heteroatoms. The molecule has 0 radical (unpaired) electrons. The van der Waals surface area contributed by atoms with Crippen LogP contribution in [0.3, 0.4) is 0 Å². The Morgan fingerprint density at radius 1 is 0.349 bits per heavy atom. The van der Waals surface area contributed by atoms with E-state index in [1.807, 2.05) is 36.4 Å². The first kappa shape index (κ1) is 41.0. The van der Waals surface area contributed by atoms with Crippen molar-refractivity contribution in [2.24, 2.45) is 0 Å². The second-order valence-electron chi connectivity index (χ2n) is 17.1. The van der Waals surface area contributed by atoms with E-state index >= 15 is 0 Å². The van der Waals surface area contributed by atoms with E-state index in [0.717, 1.165) is 61.2 Å². The zero-order chi connectivity index (χ0) is 43.9. The molecule has 0 aliphatic rings. The molecule has 0 spiro atoms. The number of fused-ring (bicyclic) bond motifs is 1. The summed E-state index contributed by atoms with van der Waals surface area (Å²) in [5, 5.41) is 2.30. The number of aryl methyl sites for hydroxylation is 8. The standard InChI is InChI=1S/C58H53N5/c1-36-31-38(3)52(39(4)32-36)63(53-40(5)33-37(2)34-41(53)6)55-43(8)35-42(7)54(44(55)9)62(50-30-29-45-21-19-20-28-49(45)51(50)46-22-13-10-14-23-46)58-60-56(47-24-15-11-16-25-47)59-57(61-58)48-26-17-12-18-27-48/h10-35H,1-9H3. The maximum absolute atomic E-state index is 5.46. The lowest BCUT2D eigenvalue weighted by Crippen LogP contribution is -2.22. The van der Waals surface area contributed by atoms with Gasteiger partial charge in [0.2, 0.25) is 5.95 Å². The van der Waals surface area contributed by atoms with Crippen LogP contribution >= 0.6 is 0 Å². The molecule has 310 valence electrons. The molecular weight excluding hydrogens is 767 g/mol. The van der Waals surface area contributed by atoms with Gasteiger partial charge in [-0.25, -0.2) is 4.98 Å². The number of benzene rings is 8. The van der Waals surface area contributed by atoms with Gasteiger partial charge in [-0.3, -0.25) is 4.90 Å². The third-order valence-corrected chi connectivity index (χ3v) is 12.2. The summed E-state index contributed by atoms with van der Waals surface area (Å²) < 4.78 is 0. The first-order valence-electron chi connectivity index (χ1n) is 21.8. The van der Waals surface area contributed by atoms with Crippen molar-refractivity contribution < 1.29 is 0 Å². The molecule has 63 heavy (non-hydrogen) atoms. The molecule has 1 aromatic heterocycles. The van der Waals surface area contributed by atoms with E-state index in [1.165, 1.54) is 50.3 Å². The minimum absolute atomic E-state index is 0.535. The van der Waals surface area contributed by atoms with Gasteiger partial charge in [-0.15, -0.1) is 0 Å². The van der Waals surface area contributed by atoms with Crippen LogP contribution in [0.1, 0.15) is 50.1 Å². The second kappa shape index (κ2) is 16.8. The second-order valence-corrected chi connectivity index (χ2v) is 17.1. The summed E-state index contributed by atoms with van der Waals surface area (Å²) in [6.45, 7) is 20.1. The third-order valence-electron chi connectivity index (χ3n) is 12.2. The molecule has 9 rings (SSSR count). The van der Waals surface area contributed by atoms with E-state index in [9.17, 15) is 0 Å². The monoisotopic (exact) mass is 819 g/mol. The van der Waals surface area contributed by atoms with Crippen molar-refractivity contribution in [3.8, 4) is 33.9 Å². The molecule has 9 aromatic rings. The number of aromatic nitrogens is 3. The van der Waals surface area contributed by atoms with Crippen molar-refractivity contribution in [3.63, 3.8) is 0 Å². The highest BCUT2D eigenvalue weighted by Crippen LogP contribution is 2.51. The van der Waals surface area contributed by atoms with Crippen molar-refractivity contribution in [2.45, 2.75) is 62.3 Å². The SMILES string of the molecule is Cc1cc(C)c(N(c2c(C)cc(C)cc2C)c2c(C)cc(C)c(N(c3nc(-c4ccccc4)nc(-c4ccccc4)n3)c3ccc4ccccc4c3-c3ccccc3)c2C)c(C)c1. The topological polar surface area (TPSA) is 45.2 Å². The fraction of sp³-hybridized carbons (Fsp3) is 0.155. The average molecular weight is 820 g/mol. The van der Waals surface area contributed by atoms with Gasteiger partial charge in [0.25, 0.3) is 0 Å². The molecule has 0 aliphatic carbocycles. The highest BCUT2D eigenvalue weighted by Gasteiger charge is 2.31. The van der Waals surface area contributed by atoms with Crippen molar-refractivity contribution in [3.05, 3.63) is 208 Å². The van der Waals surface area contributed by atoms with Gasteiger partial charge in [-0.05, 0) is 124 Å². The minimum atomic E-state index is 0.535. The maximum atomic E-state index is 5.46. The van der Waals surface area contributed by atoms with E-state index in [4.69, 9.17) is 15.0 Å². The van der Waals surface area contributed by atoms with Crippen molar-refractivity contribution in [1.82, 2.24) is 15.0 Å². The maximum Gasteiger partial charge on any atom is 0.238 e. The Hall–Kier alpha value is -7.37. The van der Waals surface area contributed by atoms with E-state index in [-0.39, 0.29) is 0 Å². The lowest BCUT2D eigenvalue weighted by Gasteiger charge is -2.37. The van der Waals surface area contributed by atoms with Crippen LogP contribution in [0.25, 0.3) is 44.7 Å². The van der Waals surface area contributed by atoms with E-state index < -0.39 is 0 Å². The third kappa shape index (κ3) is 7.65. The van der Waals surface area contributed by atoms with E-state index in [2.05, 4.69) is 193 Å². The number of rotatable bonds is 9. The molecule has 0 amide bonds. The van der Waals surface area contributed by atoms with Crippen LogP contribution in [0.2, 0.25) is 0 Å². The summed E-state index contributed by atoms with van der Waals surface area (Å²) in [4.78, 5) is 20.9. The molecule has 8 aromatic carbocycles. The Morgan fingerprint density at radius 3 is 1.25 bits per heavy atom. The van der Waals surface area contributed by atoms with Crippen LogP contribution in [0.5, 0.6) is 0 Å². The van der Waals surface area contributed by atoms with E-state index in [1.54, 1.807) is 0 Å². The average Bonchev–Trinajstić information content (AvgIpc) is 3.27. The van der Waals surface area contributed by atoms with Crippen molar-refractivity contribution >= 4 is 45.2 Å².